The van der Waals surface area contributed by atoms with Gasteiger partial charge >= 0.3 is 6.01 Å². The lowest BCUT2D eigenvalue weighted by Gasteiger charge is -2.31. The monoisotopic (exact) mass is 571 g/mol. The van der Waals surface area contributed by atoms with Gasteiger partial charge in [0, 0.05) is 49.9 Å². The molecule has 206 valence electrons. The molecule has 6 rings (SSSR count). The largest absolute Gasteiger partial charge is 0.467 e. The summed E-state index contributed by atoms with van der Waals surface area (Å²) in [7, 11) is 4.94. The highest BCUT2D eigenvalue weighted by Crippen LogP contribution is 2.49. The molecule has 1 atom stereocenters. The molecule has 1 unspecified atom stereocenters. The number of carbonyl (C=O) groups is 1. The van der Waals surface area contributed by atoms with E-state index in [0.29, 0.717) is 53.8 Å². The number of nitrogens with zero attached hydrogens (tertiary/aromatic N) is 6. The Balaban J connectivity index is 1.35. The summed E-state index contributed by atoms with van der Waals surface area (Å²) in [5.41, 5.74) is 11.8. The van der Waals surface area contributed by atoms with Crippen LogP contribution in [0.4, 0.5) is 11.5 Å². The molecule has 0 bridgehead atoms. The summed E-state index contributed by atoms with van der Waals surface area (Å²) in [6.07, 6.45) is 3.37. The van der Waals surface area contributed by atoms with E-state index in [9.17, 15) is 4.79 Å². The fourth-order valence-corrected chi connectivity index (χ4v) is 6.19. The molecule has 0 spiro atoms. The molecule has 12 heteroatoms. The van der Waals surface area contributed by atoms with Gasteiger partial charge in [-0.2, -0.15) is 15.1 Å². The highest BCUT2D eigenvalue weighted by molar-refractivity contribution is 6.34. The topological polar surface area (TPSA) is 112 Å². The van der Waals surface area contributed by atoms with Gasteiger partial charge in [-0.25, -0.2) is 0 Å². The van der Waals surface area contributed by atoms with Gasteiger partial charge in [-0.05, 0) is 48.4 Å². The quantitative estimate of drug-likeness (QED) is 0.449. The minimum atomic E-state index is -0.222. The Labute approximate surface area is 237 Å². The summed E-state index contributed by atoms with van der Waals surface area (Å²) < 4.78 is 13.8. The number of nitrogens with two attached hydrogens (primary N) is 1. The number of methoxy groups -OCH3 is 1. The molecular weight excluding hydrogens is 541 g/mol. The second kappa shape index (κ2) is 10.1. The number of amides is 1. The number of nitrogen functional groups attached to an aromatic ring is 1. The molecule has 1 aromatic carbocycles. The van der Waals surface area contributed by atoms with Crippen molar-refractivity contribution in [3.8, 4) is 6.01 Å². The minimum absolute atomic E-state index is 0.221. The number of carbonyl (C=O) groups excluding carboxylic acids is 1. The van der Waals surface area contributed by atoms with E-state index in [1.54, 1.807) is 21.2 Å². The van der Waals surface area contributed by atoms with Gasteiger partial charge in [0.2, 0.25) is 0 Å². The number of fused-ring (bicyclic) bond motifs is 2. The van der Waals surface area contributed by atoms with Crippen molar-refractivity contribution in [1.82, 2.24) is 24.6 Å². The second-order valence-electron chi connectivity index (χ2n) is 10.5. The van der Waals surface area contributed by atoms with Crippen LogP contribution in [0.15, 0.2) is 12.1 Å². The maximum absolute atomic E-state index is 12.6. The first-order valence-electron chi connectivity index (χ1n) is 13.1. The number of hydrogen-bond acceptors (Lipinski definition) is 8. The zero-order chi connectivity index (χ0) is 27.4. The fraction of sp³-hybridized carbons (Fsp3) is 0.481. The van der Waals surface area contributed by atoms with Crippen molar-refractivity contribution in [3.63, 3.8) is 0 Å². The molecule has 1 saturated carbocycles. The average molecular weight is 572 g/mol. The molecule has 1 fully saturated rings. The molecular formula is C27H31Cl2N7O3. The van der Waals surface area contributed by atoms with E-state index in [4.69, 9.17) is 48.4 Å². The van der Waals surface area contributed by atoms with Crippen LogP contribution < -0.4 is 15.4 Å². The van der Waals surface area contributed by atoms with Crippen LogP contribution in [0.25, 0.3) is 0 Å². The highest BCUT2D eigenvalue weighted by Gasteiger charge is 2.35. The van der Waals surface area contributed by atoms with Crippen LogP contribution in [-0.2, 0) is 30.9 Å². The Morgan fingerprint density at radius 2 is 2.00 bits per heavy atom. The molecule has 39 heavy (non-hydrogen) atoms. The molecule has 1 aliphatic carbocycles. The number of benzene rings is 1. The zero-order valence-corrected chi connectivity index (χ0v) is 23.7. The van der Waals surface area contributed by atoms with Gasteiger partial charge < -0.3 is 25.0 Å². The van der Waals surface area contributed by atoms with Gasteiger partial charge in [0.25, 0.3) is 5.91 Å². The third-order valence-electron chi connectivity index (χ3n) is 7.60. The van der Waals surface area contributed by atoms with E-state index in [0.717, 1.165) is 59.7 Å². The first-order chi connectivity index (χ1) is 18.7. The third kappa shape index (κ3) is 4.79. The van der Waals surface area contributed by atoms with Crippen LogP contribution in [0.1, 0.15) is 69.9 Å². The molecule has 3 aromatic rings. The SMILES string of the molecule is COc1nc2c(c(N3CCCn4nc(C(=O)N(C)C)c(Cl)c4C3)n1)COC(c1cc(N)cc(Cl)c1C1CC1)C2. The normalized spacial score (nSPS) is 18.8. The number of anilines is 2. The van der Waals surface area contributed by atoms with Crippen LogP contribution >= 0.6 is 23.2 Å². The van der Waals surface area contributed by atoms with Gasteiger partial charge in [0.1, 0.15) is 5.82 Å². The predicted molar refractivity (Wildman–Crippen MR) is 149 cm³/mol. The van der Waals surface area contributed by atoms with Crippen molar-refractivity contribution < 1.29 is 14.3 Å². The van der Waals surface area contributed by atoms with E-state index < -0.39 is 0 Å². The van der Waals surface area contributed by atoms with Crippen LogP contribution in [0, 0.1) is 0 Å². The number of ether oxygens (including phenoxy) is 2. The van der Waals surface area contributed by atoms with Crippen LogP contribution in [0.3, 0.4) is 0 Å². The Bertz CT molecular complexity index is 1450. The predicted octanol–water partition coefficient (Wildman–Crippen LogP) is 4.37. The molecule has 4 heterocycles. The Kier molecular flexibility index (Phi) is 6.81. The summed E-state index contributed by atoms with van der Waals surface area (Å²) >= 11 is 13.3. The Morgan fingerprint density at radius 1 is 1.21 bits per heavy atom. The highest BCUT2D eigenvalue weighted by atomic mass is 35.5. The first kappa shape index (κ1) is 26.2. The molecule has 2 N–H and O–H groups in total. The lowest BCUT2D eigenvalue weighted by atomic mass is 9.92. The molecule has 2 aliphatic heterocycles. The average Bonchev–Trinajstić information content (AvgIpc) is 3.73. The molecule has 2 aromatic heterocycles. The van der Waals surface area contributed by atoms with E-state index in [-0.39, 0.29) is 17.7 Å². The van der Waals surface area contributed by atoms with Crippen LogP contribution in [0.5, 0.6) is 6.01 Å². The maximum atomic E-state index is 12.6. The second-order valence-corrected chi connectivity index (χ2v) is 11.3. The summed E-state index contributed by atoms with van der Waals surface area (Å²) in [6, 6.07) is 4.11. The number of rotatable bonds is 5. The van der Waals surface area contributed by atoms with Crippen molar-refractivity contribution in [2.75, 3.05) is 38.4 Å². The van der Waals surface area contributed by atoms with Crippen molar-refractivity contribution in [2.45, 2.75) is 57.4 Å². The van der Waals surface area contributed by atoms with Gasteiger partial charge in [0.15, 0.2) is 5.69 Å². The number of aromatic nitrogens is 4. The van der Waals surface area contributed by atoms with Crippen molar-refractivity contribution in [3.05, 3.63) is 56.0 Å². The van der Waals surface area contributed by atoms with Crippen molar-refractivity contribution in [2.24, 2.45) is 0 Å². The molecule has 1 amide bonds. The standard InChI is InChI=1S/C27H31Cl2N7O3/c1-34(2)26(37)24-23(29)20-12-35(7-4-8-36(20)33-24)25-17-13-39-21(11-19(17)31-27(32-25)38-3)16-9-15(30)10-18(28)22(16)14-5-6-14/h9-10,14,21H,4-8,11-13,30H2,1-3H3. The van der Waals surface area contributed by atoms with Gasteiger partial charge in [-0.3, -0.25) is 9.48 Å². The van der Waals surface area contributed by atoms with Crippen molar-refractivity contribution >= 4 is 40.6 Å². The number of hydrogen-bond donors (Lipinski definition) is 1. The first-order valence-corrected chi connectivity index (χ1v) is 13.9. The van der Waals surface area contributed by atoms with Crippen LogP contribution in [-0.4, -0.2) is 58.3 Å². The van der Waals surface area contributed by atoms with E-state index in [1.165, 1.54) is 4.90 Å². The molecule has 0 saturated heterocycles. The maximum Gasteiger partial charge on any atom is 0.318 e. The summed E-state index contributed by atoms with van der Waals surface area (Å²) in [5, 5.41) is 5.60. The summed E-state index contributed by atoms with van der Waals surface area (Å²) in [6.45, 7) is 2.15. The number of aryl methyl sites for hydroxylation is 1. The third-order valence-corrected chi connectivity index (χ3v) is 8.31. The molecule has 0 radical (unpaired) electrons. The molecule has 3 aliphatic rings. The van der Waals surface area contributed by atoms with Crippen molar-refractivity contribution in [1.29, 1.82) is 0 Å². The minimum Gasteiger partial charge on any atom is -0.467 e. The Hall–Kier alpha value is -3.08. The lowest BCUT2D eigenvalue weighted by molar-refractivity contribution is 0.0252. The van der Waals surface area contributed by atoms with Crippen LogP contribution in [0.2, 0.25) is 10.0 Å². The van der Waals surface area contributed by atoms with Gasteiger partial charge in [0.05, 0.1) is 42.8 Å². The van der Waals surface area contributed by atoms with E-state index >= 15 is 0 Å². The van der Waals surface area contributed by atoms with E-state index in [2.05, 4.69) is 10.00 Å². The summed E-state index contributed by atoms with van der Waals surface area (Å²) in [5.74, 6) is 0.971. The molecule has 10 nitrogen and oxygen atoms in total. The smallest absolute Gasteiger partial charge is 0.318 e. The van der Waals surface area contributed by atoms with E-state index in [1.807, 2.05) is 16.8 Å². The van der Waals surface area contributed by atoms with Gasteiger partial charge in [-0.1, -0.05) is 23.2 Å². The number of halogens is 2. The Morgan fingerprint density at radius 3 is 2.72 bits per heavy atom. The lowest BCUT2D eigenvalue weighted by Crippen LogP contribution is -2.29. The summed E-state index contributed by atoms with van der Waals surface area (Å²) in [4.78, 5) is 25.7. The fourth-order valence-electron chi connectivity index (χ4n) is 5.52. The van der Waals surface area contributed by atoms with Gasteiger partial charge in [-0.15, -0.1) is 0 Å². The zero-order valence-electron chi connectivity index (χ0n) is 22.2.